The Kier molecular flexibility index (Phi) is 5.18. The van der Waals surface area contributed by atoms with Crippen molar-refractivity contribution in [2.24, 2.45) is 5.92 Å². The van der Waals surface area contributed by atoms with Crippen molar-refractivity contribution >= 4 is 11.6 Å². The van der Waals surface area contributed by atoms with Gasteiger partial charge in [0, 0.05) is 19.1 Å². The Bertz CT molecular complexity index is 632. The highest BCUT2D eigenvalue weighted by molar-refractivity contribution is 6.32. The van der Waals surface area contributed by atoms with Crippen molar-refractivity contribution in [3.05, 3.63) is 41.4 Å². The van der Waals surface area contributed by atoms with Crippen LogP contribution in [-0.2, 0) is 6.54 Å². The van der Waals surface area contributed by atoms with Crippen LogP contribution in [0, 0.1) is 5.92 Å². The van der Waals surface area contributed by atoms with Crippen molar-refractivity contribution in [3.63, 3.8) is 0 Å². The molecule has 6 heteroatoms. The predicted octanol–water partition coefficient (Wildman–Crippen LogP) is 3.41. The average Bonchev–Trinajstić information content (AvgIpc) is 3.07. The van der Waals surface area contributed by atoms with E-state index in [-0.39, 0.29) is 0 Å². The number of halogens is 1. The molecule has 0 unspecified atom stereocenters. The van der Waals surface area contributed by atoms with Crippen molar-refractivity contribution < 1.29 is 4.74 Å². The van der Waals surface area contributed by atoms with Crippen LogP contribution in [0.4, 0.5) is 0 Å². The second-order valence-electron chi connectivity index (χ2n) is 6.19. The van der Waals surface area contributed by atoms with Gasteiger partial charge in [0.25, 0.3) is 0 Å². The zero-order chi connectivity index (χ0) is 16.2. The van der Waals surface area contributed by atoms with Gasteiger partial charge < -0.3 is 4.74 Å². The van der Waals surface area contributed by atoms with Gasteiger partial charge in [0.2, 0.25) is 0 Å². The number of nitrogens with zero attached hydrogens (tertiary/aromatic N) is 4. The van der Waals surface area contributed by atoms with Gasteiger partial charge in [-0.05, 0) is 49.9 Å². The molecule has 1 aliphatic rings. The van der Waals surface area contributed by atoms with E-state index in [0.29, 0.717) is 17.0 Å². The Morgan fingerprint density at radius 3 is 3.00 bits per heavy atom. The normalized spacial score (nSPS) is 20.4. The number of ether oxygens (including phenoxy) is 1. The topological polar surface area (TPSA) is 43.2 Å². The summed E-state index contributed by atoms with van der Waals surface area (Å²) in [4.78, 5) is 6.56. The molecule has 124 valence electrons. The Balaban J connectivity index is 1.66. The molecule has 0 bridgehead atoms. The molecular weight excluding hydrogens is 312 g/mol. The second-order valence-corrected chi connectivity index (χ2v) is 6.60. The van der Waals surface area contributed by atoms with Gasteiger partial charge in [0.05, 0.1) is 12.1 Å². The van der Waals surface area contributed by atoms with Crippen molar-refractivity contribution in [1.82, 2.24) is 19.7 Å². The number of benzene rings is 1. The molecule has 2 heterocycles. The van der Waals surface area contributed by atoms with E-state index in [1.807, 2.05) is 16.8 Å². The Labute approximate surface area is 142 Å². The van der Waals surface area contributed by atoms with Gasteiger partial charge in [-0.25, -0.2) is 4.98 Å². The maximum atomic E-state index is 6.27. The van der Waals surface area contributed by atoms with Crippen LogP contribution in [0.5, 0.6) is 5.75 Å². The fourth-order valence-electron chi connectivity index (χ4n) is 3.34. The minimum Gasteiger partial charge on any atom is -0.495 e. The Hall–Kier alpha value is -1.59. The molecule has 23 heavy (non-hydrogen) atoms. The molecule has 0 radical (unpaired) electrons. The fraction of sp³-hybridized carbons (Fsp3) is 0.529. The number of hydrogen-bond acceptors (Lipinski definition) is 4. The van der Waals surface area contributed by atoms with Crippen LogP contribution in [-0.4, -0.2) is 39.9 Å². The summed E-state index contributed by atoms with van der Waals surface area (Å²) < 4.78 is 7.17. The Morgan fingerprint density at radius 2 is 2.30 bits per heavy atom. The van der Waals surface area contributed by atoms with E-state index < -0.39 is 0 Å². The van der Waals surface area contributed by atoms with E-state index in [9.17, 15) is 0 Å². The molecule has 3 rings (SSSR count). The first kappa shape index (κ1) is 16.3. The largest absolute Gasteiger partial charge is 0.495 e. The van der Waals surface area contributed by atoms with Crippen LogP contribution in [0.1, 0.15) is 31.4 Å². The maximum absolute atomic E-state index is 6.27. The molecule has 1 fully saturated rings. The average molecular weight is 335 g/mol. The first-order chi connectivity index (χ1) is 11.2. The second kappa shape index (κ2) is 7.32. The highest BCUT2D eigenvalue weighted by atomic mass is 35.5. The molecule has 1 saturated heterocycles. The number of hydrogen-bond donors (Lipinski definition) is 0. The summed E-state index contributed by atoms with van der Waals surface area (Å²) in [5.41, 5.74) is 1.23. The van der Waals surface area contributed by atoms with Gasteiger partial charge in [-0.3, -0.25) is 9.58 Å². The van der Waals surface area contributed by atoms with Crippen LogP contribution in [0.3, 0.4) is 0 Å². The monoisotopic (exact) mass is 334 g/mol. The SMILES string of the molecule is COc1ccc([C@@H](C)N2CCC[C@H](Cn3cncn3)C2)cc1Cl. The van der Waals surface area contributed by atoms with Crippen LogP contribution >= 0.6 is 11.6 Å². The summed E-state index contributed by atoms with van der Waals surface area (Å²) in [6.45, 7) is 5.38. The quantitative estimate of drug-likeness (QED) is 0.840. The van der Waals surface area contributed by atoms with Gasteiger partial charge >= 0.3 is 0 Å². The van der Waals surface area contributed by atoms with Gasteiger partial charge in [-0.1, -0.05) is 17.7 Å². The van der Waals surface area contributed by atoms with Gasteiger partial charge in [-0.2, -0.15) is 5.10 Å². The van der Waals surface area contributed by atoms with E-state index in [0.717, 1.165) is 25.4 Å². The summed E-state index contributed by atoms with van der Waals surface area (Å²) in [7, 11) is 1.64. The highest BCUT2D eigenvalue weighted by Crippen LogP contribution is 2.32. The Morgan fingerprint density at radius 1 is 1.43 bits per heavy atom. The lowest BCUT2D eigenvalue weighted by molar-refractivity contribution is 0.121. The molecule has 0 saturated carbocycles. The number of aromatic nitrogens is 3. The minimum absolute atomic E-state index is 0.344. The molecule has 5 nitrogen and oxygen atoms in total. The molecule has 1 aromatic carbocycles. The third-order valence-corrected chi connectivity index (χ3v) is 4.96. The van der Waals surface area contributed by atoms with Crippen molar-refractivity contribution in [3.8, 4) is 5.75 Å². The van der Waals surface area contributed by atoms with Crippen molar-refractivity contribution in [1.29, 1.82) is 0 Å². The van der Waals surface area contributed by atoms with Crippen molar-refractivity contribution in [2.75, 3.05) is 20.2 Å². The van der Waals surface area contributed by atoms with Crippen LogP contribution in [0.2, 0.25) is 5.02 Å². The lowest BCUT2D eigenvalue weighted by Crippen LogP contribution is -2.38. The van der Waals surface area contributed by atoms with E-state index in [4.69, 9.17) is 16.3 Å². The van der Waals surface area contributed by atoms with E-state index in [1.54, 1.807) is 19.8 Å². The van der Waals surface area contributed by atoms with Crippen LogP contribution in [0.15, 0.2) is 30.9 Å². The predicted molar refractivity (Wildman–Crippen MR) is 90.7 cm³/mol. The van der Waals surface area contributed by atoms with Gasteiger partial charge in [0.1, 0.15) is 18.4 Å². The molecule has 0 spiro atoms. The zero-order valence-corrected chi connectivity index (χ0v) is 14.4. The summed E-state index contributed by atoms with van der Waals surface area (Å²) in [5.74, 6) is 1.34. The number of methoxy groups -OCH3 is 1. The highest BCUT2D eigenvalue weighted by Gasteiger charge is 2.25. The molecule has 2 atom stereocenters. The number of rotatable bonds is 5. The number of piperidine rings is 1. The molecule has 0 amide bonds. The van der Waals surface area contributed by atoms with Crippen LogP contribution < -0.4 is 4.74 Å². The third-order valence-electron chi connectivity index (χ3n) is 4.67. The fourth-order valence-corrected chi connectivity index (χ4v) is 3.61. The van der Waals surface area contributed by atoms with Crippen LogP contribution in [0.25, 0.3) is 0 Å². The van der Waals surface area contributed by atoms with Gasteiger partial charge in [-0.15, -0.1) is 0 Å². The van der Waals surface area contributed by atoms with Crippen molar-refractivity contribution in [2.45, 2.75) is 32.4 Å². The van der Waals surface area contributed by atoms with E-state index in [2.05, 4.69) is 28.0 Å². The lowest BCUT2D eigenvalue weighted by atomic mass is 9.95. The summed E-state index contributed by atoms with van der Waals surface area (Å²) in [6.07, 6.45) is 5.86. The lowest BCUT2D eigenvalue weighted by Gasteiger charge is -2.37. The van der Waals surface area contributed by atoms with E-state index in [1.165, 1.54) is 18.4 Å². The summed E-state index contributed by atoms with van der Waals surface area (Å²) >= 11 is 6.27. The molecule has 2 aromatic rings. The first-order valence-corrected chi connectivity index (χ1v) is 8.45. The van der Waals surface area contributed by atoms with E-state index >= 15 is 0 Å². The summed E-state index contributed by atoms with van der Waals surface area (Å²) in [6, 6.07) is 6.42. The molecule has 0 N–H and O–H groups in total. The number of likely N-dealkylation sites (tertiary alicyclic amines) is 1. The molecule has 1 aliphatic heterocycles. The zero-order valence-electron chi connectivity index (χ0n) is 13.7. The minimum atomic E-state index is 0.344. The smallest absolute Gasteiger partial charge is 0.137 e. The first-order valence-electron chi connectivity index (χ1n) is 8.07. The third kappa shape index (κ3) is 3.85. The summed E-state index contributed by atoms with van der Waals surface area (Å²) in [5, 5.41) is 4.90. The standard InChI is InChI=1S/C17H23ClN4O/c1-13(15-5-6-17(23-2)16(18)8-15)21-7-3-4-14(9-21)10-22-12-19-11-20-22/h5-6,8,11-14H,3-4,7,9-10H2,1-2H3/t13-,14+/m1/s1. The maximum Gasteiger partial charge on any atom is 0.137 e. The van der Waals surface area contributed by atoms with Gasteiger partial charge in [0.15, 0.2) is 0 Å². The molecule has 1 aromatic heterocycles. The molecule has 0 aliphatic carbocycles. The molecular formula is C17H23ClN4O.